The van der Waals surface area contributed by atoms with Crippen LogP contribution in [0.15, 0.2) is 0 Å². The molecule has 1 aliphatic heterocycles. The molecule has 1 saturated heterocycles. The van der Waals surface area contributed by atoms with Gasteiger partial charge in [-0.15, -0.1) is 12.3 Å². The number of unbranched alkanes of at least 4 members (excludes halogenated alkanes) is 1. The molecule has 0 radical (unpaired) electrons. The van der Waals surface area contributed by atoms with Crippen molar-refractivity contribution in [2.24, 2.45) is 0 Å². The fourth-order valence-electron chi connectivity index (χ4n) is 1.75. The van der Waals surface area contributed by atoms with Crippen molar-refractivity contribution in [3.8, 4) is 12.3 Å². The molecule has 0 aromatic carbocycles. The Morgan fingerprint density at radius 3 is 2.44 bits per heavy atom. The van der Waals surface area contributed by atoms with Crippen LogP contribution in [0, 0.1) is 12.3 Å². The Labute approximate surface area is 111 Å². The molecule has 0 bridgehead atoms. The normalized spacial score (nSPS) is 36.3. The van der Waals surface area contributed by atoms with E-state index in [1.807, 2.05) is 0 Å². The summed E-state index contributed by atoms with van der Waals surface area (Å²) >= 11 is 1.68. The van der Waals surface area contributed by atoms with Gasteiger partial charge in [0.15, 0.2) is 6.29 Å². The molecule has 5 nitrogen and oxygen atoms in total. The molecular weight excluding hydrogens is 256 g/mol. The smallest absolute Gasteiger partial charge is 0.183 e. The van der Waals surface area contributed by atoms with Crippen molar-refractivity contribution < 1.29 is 25.2 Å². The van der Waals surface area contributed by atoms with Crippen LogP contribution in [0.25, 0.3) is 0 Å². The second kappa shape index (κ2) is 8.00. The summed E-state index contributed by atoms with van der Waals surface area (Å²) in [5.74, 6) is 4.23. The van der Waals surface area contributed by atoms with Gasteiger partial charge in [0, 0.05) is 6.42 Å². The SMILES string of the molecule is C#CCCCSCCC1O[C@H](O)C(O)C(O)[C@@H]1O. The maximum absolute atomic E-state index is 9.68. The molecule has 1 heterocycles. The highest BCUT2D eigenvalue weighted by molar-refractivity contribution is 7.99. The topological polar surface area (TPSA) is 90.2 Å². The molecule has 0 amide bonds. The summed E-state index contributed by atoms with van der Waals surface area (Å²) < 4.78 is 5.06. The predicted molar refractivity (Wildman–Crippen MR) is 68.9 cm³/mol. The monoisotopic (exact) mass is 276 g/mol. The lowest BCUT2D eigenvalue weighted by atomic mass is 9.97. The van der Waals surface area contributed by atoms with Crippen molar-refractivity contribution in [3.63, 3.8) is 0 Å². The van der Waals surface area contributed by atoms with E-state index in [0.29, 0.717) is 6.42 Å². The van der Waals surface area contributed by atoms with Gasteiger partial charge < -0.3 is 25.2 Å². The van der Waals surface area contributed by atoms with Crippen molar-refractivity contribution in [2.45, 2.75) is 50.0 Å². The molecule has 6 heteroatoms. The van der Waals surface area contributed by atoms with Crippen LogP contribution < -0.4 is 0 Å². The molecule has 1 fully saturated rings. The molecule has 1 aliphatic rings. The van der Waals surface area contributed by atoms with Gasteiger partial charge >= 0.3 is 0 Å². The molecule has 5 atom stereocenters. The lowest BCUT2D eigenvalue weighted by molar-refractivity contribution is -0.281. The Kier molecular flexibility index (Phi) is 7.00. The first-order valence-corrected chi connectivity index (χ1v) is 7.12. The summed E-state index contributed by atoms with van der Waals surface area (Å²) in [6.07, 6.45) is 1.23. The van der Waals surface area contributed by atoms with Gasteiger partial charge in [0.2, 0.25) is 0 Å². The van der Waals surface area contributed by atoms with Crippen LogP contribution in [-0.2, 0) is 4.74 Å². The highest BCUT2D eigenvalue weighted by atomic mass is 32.2. The summed E-state index contributed by atoms with van der Waals surface area (Å²) in [7, 11) is 0. The van der Waals surface area contributed by atoms with Gasteiger partial charge in [-0.25, -0.2) is 0 Å². The summed E-state index contributed by atoms with van der Waals surface area (Å²) in [4.78, 5) is 0. The minimum Gasteiger partial charge on any atom is -0.388 e. The first-order valence-electron chi connectivity index (χ1n) is 5.97. The van der Waals surface area contributed by atoms with Crippen LogP contribution in [0.5, 0.6) is 0 Å². The fraction of sp³-hybridized carbons (Fsp3) is 0.833. The van der Waals surface area contributed by atoms with E-state index >= 15 is 0 Å². The van der Waals surface area contributed by atoms with Crippen molar-refractivity contribution in [1.82, 2.24) is 0 Å². The number of thioether (sulfide) groups is 1. The van der Waals surface area contributed by atoms with E-state index in [0.717, 1.165) is 24.3 Å². The molecule has 0 aromatic rings. The van der Waals surface area contributed by atoms with Gasteiger partial charge in [-0.3, -0.25) is 0 Å². The minimum atomic E-state index is -1.46. The Morgan fingerprint density at radius 1 is 1.06 bits per heavy atom. The molecule has 0 aliphatic carbocycles. The standard InChI is InChI=1S/C12H20O5S/c1-2-3-4-6-18-7-5-8-9(13)10(14)11(15)12(16)17-8/h1,8-16H,3-7H2/t8?,9-,10?,11?,12+/m1/s1. The number of aliphatic hydroxyl groups is 4. The van der Waals surface area contributed by atoms with Crippen molar-refractivity contribution in [2.75, 3.05) is 11.5 Å². The summed E-state index contributed by atoms with van der Waals surface area (Å²) in [5, 5.41) is 37.8. The summed E-state index contributed by atoms with van der Waals surface area (Å²) in [5.41, 5.74) is 0. The van der Waals surface area contributed by atoms with Gasteiger partial charge in [-0.05, 0) is 24.3 Å². The summed E-state index contributed by atoms with van der Waals surface area (Å²) in [6.45, 7) is 0. The van der Waals surface area contributed by atoms with Crippen molar-refractivity contribution >= 4 is 11.8 Å². The van der Waals surface area contributed by atoms with Crippen LogP contribution in [0.1, 0.15) is 19.3 Å². The number of hydrogen-bond donors (Lipinski definition) is 4. The van der Waals surface area contributed by atoms with Gasteiger partial charge in [-0.2, -0.15) is 11.8 Å². The number of terminal acetylenes is 1. The average Bonchev–Trinajstić information content (AvgIpc) is 2.37. The van der Waals surface area contributed by atoms with Crippen LogP contribution in [0.4, 0.5) is 0 Å². The van der Waals surface area contributed by atoms with Gasteiger partial charge in [0.05, 0.1) is 6.10 Å². The third-order valence-corrected chi connectivity index (χ3v) is 3.95. The molecule has 0 aromatic heterocycles. The van der Waals surface area contributed by atoms with E-state index in [-0.39, 0.29) is 0 Å². The van der Waals surface area contributed by atoms with E-state index in [2.05, 4.69) is 5.92 Å². The quantitative estimate of drug-likeness (QED) is 0.380. The molecule has 0 spiro atoms. The first kappa shape index (κ1) is 15.8. The maximum atomic E-state index is 9.68. The van der Waals surface area contributed by atoms with E-state index in [1.165, 1.54) is 0 Å². The van der Waals surface area contributed by atoms with Crippen LogP contribution in [-0.4, -0.2) is 62.6 Å². The zero-order valence-corrected chi connectivity index (χ0v) is 10.9. The molecule has 18 heavy (non-hydrogen) atoms. The van der Waals surface area contributed by atoms with E-state index in [9.17, 15) is 20.4 Å². The lowest BCUT2D eigenvalue weighted by Gasteiger charge is -2.38. The molecule has 0 saturated carbocycles. The molecule has 3 unspecified atom stereocenters. The average molecular weight is 276 g/mol. The fourth-order valence-corrected chi connectivity index (χ4v) is 2.70. The molecular formula is C12H20O5S. The van der Waals surface area contributed by atoms with E-state index in [4.69, 9.17) is 11.2 Å². The highest BCUT2D eigenvalue weighted by Crippen LogP contribution is 2.23. The Morgan fingerprint density at radius 2 is 1.78 bits per heavy atom. The zero-order valence-electron chi connectivity index (χ0n) is 10.1. The number of hydrogen-bond acceptors (Lipinski definition) is 6. The summed E-state index contributed by atoms with van der Waals surface area (Å²) in [6, 6.07) is 0. The maximum Gasteiger partial charge on any atom is 0.183 e. The Balaban J connectivity index is 2.23. The molecule has 104 valence electrons. The number of rotatable bonds is 6. The third kappa shape index (κ3) is 4.43. The molecule has 4 N–H and O–H groups in total. The van der Waals surface area contributed by atoms with E-state index in [1.54, 1.807) is 11.8 Å². The lowest BCUT2D eigenvalue weighted by Crippen LogP contribution is -2.57. The zero-order chi connectivity index (χ0) is 13.5. The van der Waals surface area contributed by atoms with Gasteiger partial charge in [0.25, 0.3) is 0 Å². The van der Waals surface area contributed by atoms with Crippen LogP contribution >= 0.6 is 11.8 Å². The van der Waals surface area contributed by atoms with Crippen LogP contribution in [0.2, 0.25) is 0 Å². The highest BCUT2D eigenvalue weighted by Gasteiger charge is 2.42. The van der Waals surface area contributed by atoms with Gasteiger partial charge in [-0.1, -0.05) is 0 Å². The van der Waals surface area contributed by atoms with Crippen molar-refractivity contribution in [1.29, 1.82) is 0 Å². The second-order valence-corrected chi connectivity index (χ2v) is 5.47. The Bertz CT molecular complexity index is 280. The molecule has 1 rings (SSSR count). The van der Waals surface area contributed by atoms with Crippen LogP contribution in [0.3, 0.4) is 0 Å². The minimum absolute atomic E-state index is 0.503. The second-order valence-electron chi connectivity index (χ2n) is 4.25. The largest absolute Gasteiger partial charge is 0.388 e. The first-order chi connectivity index (χ1) is 8.57. The van der Waals surface area contributed by atoms with Crippen molar-refractivity contribution in [3.05, 3.63) is 0 Å². The number of ether oxygens (including phenoxy) is 1. The van der Waals surface area contributed by atoms with Gasteiger partial charge in [0.1, 0.15) is 18.3 Å². The predicted octanol–water partition coefficient (Wildman–Crippen LogP) is -0.677. The van der Waals surface area contributed by atoms with E-state index < -0.39 is 30.7 Å². The third-order valence-electron chi connectivity index (χ3n) is 2.84. The Hall–Kier alpha value is -0.290. The number of aliphatic hydroxyl groups excluding tert-OH is 4.